The van der Waals surface area contributed by atoms with Crippen LogP contribution in [0.3, 0.4) is 0 Å². The molecular weight excluding hydrogens is 226 g/mol. The molecule has 0 aliphatic carbocycles. The number of methoxy groups -OCH3 is 1. The maximum atomic E-state index is 5.07. The van der Waals surface area contributed by atoms with E-state index in [1.807, 2.05) is 12.1 Å². The molecule has 4 nitrogen and oxygen atoms in total. The third-order valence-corrected chi connectivity index (χ3v) is 2.87. The molecule has 0 spiro atoms. The van der Waals surface area contributed by atoms with Crippen LogP contribution >= 0.6 is 0 Å². The van der Waals surface area contributed by atoms with Gasteiger partial charge in [-0.15, -0.1) is 0 Å². The Labute approximate surface area is 107 Å². The average Bonchev–Trinajstić information content (AvgIpc) is 2.39. The van der Waals surface area contributed by atoms with Gasteiger partial charge in [0.1, 0.15) is 12.1 Å². The summed E-state index contributed by atoms with van der Waals surface area (Å²) < 4.78 is 5.07. The molecule has 0 saturated carbocycles. The molecule has 0 saturated heterocycles. The van der Waals surface area contributed by atoms with E-state index < -0.39 is 0 Å². The van der Waals surface area contributed by atoms with Gasteiger partial charge < -0.3 is 10.1 Å². The second kappa shape index (κ2) is 5.49. The van der Waals surface area contributed by atoms with E-state index in [1.54, 1.807) is 13.2 Å². The van der Waals surface area contributed by atoms with Crippen molar-refractivity contribution in [1.29, 1.82) is 0 Å². The van der Waals surface area contributed by atoms with Crippen LogP contribution in [0, 0.1) is 6.92 Å². The van der Waals surface area contributed by atoms with Gasteiger partial charge in [-0.25, -0.2) is 9.97 Å². The van der Waals surface area contributed by atoms with Crippen molar-refractivity contribution in [3.05, 3.63) is 47.8 Å². The highest BCUT2D eigenvalue weighted by atomic mass is 16.5. The predicted octanol–water partition coefficient (Wildman–Crippen LogP) is 2.97. The number of hydrogen-bond donors (Lipinski definition) is 1. The third-order valence-electron chi connectivity index (χ3n) is 2.87. The van der Waals surface area contributed by atoms with Gasteiger partial charge >= 0.3 is 0 Å². The van der Waals surface area contributed by atoms with E-state index >= 15 is 0 Å². The Morgan fingerprint density at radius 2 is 2.00 bits per heavy atom. The van der Waals surface area contributed by atoms with Crippen molar-refractivity contribution >= 4 is 5.82 Å². The van der Waals surface area contributed by atoms with Crippen LogP contribution in [-0.2, 0) is 0 Å². The highest BCUT2D eigenvalue weighted by Crippen LogP contribution is 2.21. The van der Waals surface area contributed by atoms with E-state index in [4.69, 9.17) is 4.74 Å². The molecule has 0 aliphatic heterocycles. The summed E-state index contributed by atoms with van der Waals surface area (Å²) in [6.45, 7) is 4.21. The van der Waals surface area contributed by atoms with Gasteiger partial charge in [0.05, 0.1) is 13.2 Å². The smallest absolute Gasteiger partial charge is 0.218 e. The zero-order valence-electron chi connectivity index (χ0n) is 10.8. The van der Waals surface area contributed by atoms with Gasteiger partial charge in [0.15, 0.2) is 0 Å². The number of nitrogens with zero attached hydrogens (tertiary/aromatic N) is 2. The van der Waals surface area contributed by atoms with Crippen LogP contribution in [0.4, 0.5) is 5.82 Å². The van der Waals surface area contributed by atoms with E-state index in [-0.39, 0.29) is 6.04 Å². The van der Waals surface area contributed by atoms with Gasteiger partial charge in [0.2, 0.25) is 5.88 Å². The molecule has 0 bridgehead atoms. The van der Waals surface area contributed by atoms with Gasteiger partial charge in [-0.3, -0.25) is 0 Å². The number of hydrogen-bond acceptors (Lipinski definition) is 4. The summed E-state index contributed by atoms with van der Waals surface area (Å²) in [5.41, 5.74) is 2.52. The maximum absolute atomic E-state index is 5.07. The fourth-order valence-electron chi connectivity index (χ4n) is 1.90. The van der Waals surface area contributed by atoms with Gasteiger partial charge in [-0.2, -0.15) is 0 Å². The first-order chi connectivity index (χ1) is 8.70. The molecular formula is C14H17N3O. The Balaban J connectivity index is 2.16. The van der Waals surface area contributed by atoms with Crippen molar-refractivity contribution in [2.75, 3.05) is 12.4 Å². The van der Waals surface area contributed by atoms with Crippen molar-refractivity contribution in [2.45, 2.75) is 19.9 Å². The summed E-state index contributed by atoms with van der Waals surface area (Å²) in [6, 6.07) is 10.3. The van der Waals surface area contributed by atoms with Crippen LogP contribution in [0.5, 0.6) is 5.88 Å². The number of aryl methyl sites for hydroxylation is 1. The second-order valence-corrected chi connectivity index (χ2v) is 4.17. The Kier molecular flexibility index (Phi) is 3.77. The third kappa shape index (κ3) is 2.77. The van der Waals surface area contributed by atoms with Crippen LogP contribution in [0.15, 0.2) is 36.7 Å². The molecule has 0 aliphatic rings. The number of aromatic nitrogens is 2. The molecule has 0 fully saturated rings. The summed E-state index contributed by atoms with van der Waals surface area (Å²) >= 11 is 0. The van der Waals surface area contributed by atoms with E-state index in [1.165, 1.54) is 17.5 Å². The highest BCUT2D eigenvalue weighted by Gasteiger charge is 2.08. The molecule has 2 rings (SSSR count). The second-order valence-electron chi connectivity index (χ2n) is 4.17. The molecule has 18 heavy (non-hydrogen) atoms. The fourth-order valence-corrected chi connectivity index (χ4v) is 1.90. The van der Waals surface area contributed by atoms with E-state index in [9.17, 15) is 0 Å². The predicted molar refractivity (Wildman–Crippen MR) is 71.8 cm³/mol. The number of nitrogens with one attached hydrogen (secondary N) is 1. The van der Waals surface area contributed by atoms with Crippen molar-refractivity contribution in [1.82, 2.24) is 9.97 Å². The van der Waals surface area contributed by atoms with Crippen molar-refractivity contribution in [2.24, 2.45) is 0 Å². The highest BCUT2D eigenvalue weighted by molar-refractivity contribution is 5.41. The first-order valence-electron chi connectivity index (χ1n) is 5.89. The summed E-state index contributed by atoms with van der Waals surface area (Å²) in [5, 5.41) is 3.34. The minimum Gasteiger partial charge on any atom is -0.481 e. The van der Waals surface area contributed by atoms with Crippen LogP contribution < -0.4 is 10.1 Å². The first-order valence-corrected chi connectivity index (χ1v) is 5.89. The van der Waals surface area contributed by atoms with Gasteiger partial charge in [-0.05, 0) is 25.0 Å². The van der Waals surface area contributed by atoms with Crippen molar-refractivity contribution in [3.63, 3.8) is 0 Å². The molecule has 1 heterocycles. The maximum Gasteiger partial charge on any atom is 0.218 e. The summed E-state index contributed by atoms with van der Waals surface area (Å²) in [4.78, 5) is 8.16. The molecule has 94 valence electrons. The number of rotatable bonds is 4. The number of benzene rings is 1. The number of ether oxygens (including phenoxy) is 1. The van der Waals surface area contributed by atoms with E-state index in [0.717, 1.165) is 5.82 Å². The fraction of sp³-hybridized carbons (Fsp3) is 0.286. The topological polar surface area (TPSA) is 47.0 Å². The minimum atomic E-state index is 0.186. The molecule has 0 radical (unpaired) electrons. The molecule has 0 amide bonds. The lowest BCUT2D eigenvalue weighted by Gasteiger charge is -2.17. The molecule has 1 unspecified atom stereocenters. The summed E-state index contributed by atoms with van der Waals surface area (Å²) in [5.74, 6) is 1.32. The zero-order chi connectivity index (χ0) is 13.0. The molecule has 1 aromatic heterocycles. The number of anilines is 1. The minimum absolute atomic E-state index is 0.186. The monoisotopic (exact) mass is 243 g/mol. The standard InChI is InChI=1S/C14H17N3O/c1-10-6-4-5-7-12(10)11(2)17-13-8-14(18-3)16-9-15-13/h4-9,11H,1-3H3,(H,15,16,17). The molecule has 1 N–H and O–H groups in total. The molecule has 1 aromatic carbocycles. The van der Waals surface area contributed by atoms with E-state index in [2.05, 4.69) is 41.3 Å². The summed E-state index contributed by atoms with van der Waals surface area (Å²) in [7, 11) is 1.59. The normalized spacial score (nSPS) is 11.9. The lowest BCUT2D eigenvalue weighted by atomic mass is 10.0. The van der Waals surface area contributed by atoms with Crippen LogP contribution in [-0.4, -0.2) is 17.1 Å². The lowest BCUT2D eigenvalue weighted by Crippen LogP contribution is -2.09. The van der Waals surface area contributed by atoms with Crippen LogP contribution in [0.25, 0.3) is 0 Å². The van der Waals surface area contributed by atoms with E-state index in [0.29, 0.717) is 5.88 Å². The Hall–Kier alpha value is -2.10. The first kappa shape index (κ1) is 12.4. The van der Waals surface area contributed by atoms with Crippen LogP contribution in [0.2, 0.25) is 0 Å². The van der Waals surface area contributed by atoms with Crippen molar-refractivity contribution < 1.29 is 4.74 Å². The van der Waals surface area contributed by atoms with Gasteiger partial charge in [0.25, 0.3) is 0 Å². The lowest BCUT2D eigenvalue weighted by molar-refractivity contribution is 0.397. The molecule has 2 aromatic rings. The Morgan fingerprint density at radius 1 is 1.22 bits per heavy atom. The quantitative estimate of drug-likeness (QED) is 0.896. The zero-order valence-corrected chi connectivity index (χ0v) is 10.8. The van der Waals surface area contributed by atoms with Crippen LogP contribution in [0.1, 0.15) is 24.1 Å². The molecule has 1 atom stereocenters. The van der Waals surface area contributed by atoms with Gasteiger partial charge in [0, 0.05) is 6.07 Å². The largest absolute Gasteiger partial charge is 0.481 e. The molecule has 4 heteroatoms. The Bertz CT molecular complexity index is 528. The SMILES string of the molecule is COc1cc(NC(C)c2ccccc2C)ncn1. The Morgan fingerprint density at radius 3 is 2.72 bits per heavy atom. The van der Waals surface area contributed by atoms with Gasteiger partial charge in [-0.1, -0.05) is 24.3 Å². The average molecular weight is 243 g/mol. The van der Waals surface area contributed by atoms with Crippen molar-refractivity contribution in [3.8, 4) is 5.88 Å². The summed E-state index contributed by atoms with van der Waals surface area (Å²) in [6.07, 6.45) is 1.49.